The topological polar surface area (TPSA) is 0 Å². The Bertz CT molecular complexity index is 185. The summed E-state index contributed by atoms with van der Waals surface area (Å²) in [4.78, 5) is 0. The van der Waals surface area contributed by atoms with Crippen molar-refractivity contribution < 1.29 is 0 Å². The molecule has 0 saturated heterocycles. The van der Waals surface area contributed by atoms with E-state index in [9.17, 15) is 0 Å². The second-order valence-corrected chi connectivity index (χ2v) is 3.11. The quantitative estimate of drug-likeness (QED) is 0.536. The maximum atomic E-state index is 3.20. The molecule has 0 N–H and O–H groups in total. The average Bonchev–Trinajstić information content (AvgIpc) is 2.05. The molecule has 0 spiro atoms. The van der Waals surface area contributed by atoms with Gasteiger partial charge in [-0.1, -0.05) is 0 Å². The molecule has 0 rings (SSSR count). The summed E-state index contributed by atoms with van der Waals surface area (Å²) in [5.74, 6) is 3.20. The molecule has 0 aromatic carbocycles. The molecule has 0 unspecified atom stereocenters. The molecule has 0 nitrogen and oxygen atoms in total. The second-order valence-electron chi connectivity index (χ2n) is 2.39. The number of hydrogen-bond acceptors (Lipinski definition) is 0. The molecular weight excluding hydrogens is 239 g/mol. The fourth-order valence-corrected chi connectivity index (χ4v) is 1.61. The van der Waals surface area contributed by atoms with Crippen molar-refractivity contribution in [3.63, 3.8) is 0 Å². The van der Waals surface area contributed by atoms with Gasteiger partial charge in [0.05, 0.1) is 0 Å². The van der Waals surface area contributed by atoms with E-state index in [1.807, 2.05) is 0 Å². The zero-order valence-electron chi connectivity index (χ0n) is 7.62. The van der Waals surface area contributed by atoms with E-state index >= 15 is 0 Å². The van der Waals surface area contributed by atoms with Crippen molar-refractivity contribution in [2.45, 2.75) is 40.0 Å². The van der Waals surface area contributed by atoms with E-state index in [4.69, 9.17) is 0 Å². The molecule has 0 heterocycles. The molecule has 0 fully saturated rings. The molecular formula is C10H15Sn. The third kappa shape index (κ3) is 3.86. The van der Waals surface area contributed by atoms with Crippen LogP contribution in [0.15, 0.2) is 11.1 Å². The summed E-state index contributed by atoms with van der Waals surface area (Å²) in [5, 5.41) is 0. The summed E-state index contributed by atoms with van der Waals surface area (Å²) in [5.41, 5.74) is 2.90. The summed E-state index contributed by atoms with van der Waals surface area (Å²) in [6.45, 7) is 6.60. The van der Waals surface area contributed by atoms with E-state index in [0.717, 1.165) is 19.3 Å². The van der Waals surface area contributed by atoms with E-state index in [0.29, 0.717) is 0 Å². The van der Waals surface area contributed by atoms with E-state index in [1.165, 1.54) is 33.7 Å². The zero-order chi connectivity index (χ0) is 8.69. The summed E-state index contributed by atoms with van der Waals surface area (Å²) < 4.78 is 3.05. The second kappa shape index (κ2) is 6.79. The molecule has 0 aromatic rings. The Morgan fingerprint density at radius 2 is 1.64 bits per heavy atom. The third-order valence-electron chi connectivity index (χ3n) is 1.85. The predicted octanol–water partition coefficient (Wildman–Crippen LogP) is 2.64. The monoisotopic (exact) mass is 255 g/mol. The average molecular weight is 254 g/mol. The Morgan fingerprint density at radius 1 is 1.09 bits per heavy atom. The molecule has 0 saturated carbocycles. The van der Waals surface area contributed by atoms with Crippen LogP contribution in [0, 0.1) is 9.86 Å². The van der Waals surface area contributed by atoms with E-state index in [2.05, 4.69) is 30.6 Å². The van der Waals surface area contributed by atoms with Crippen molar-refractivity contribution in [1.82, 2.24) is 0 Å². The van der Waals surface area contributed by atoms with Gasteiger partial charge in [0.1, 0.15) is 0 Å². The summed E-state index contributed by atoms with van der Waals surface area (Å²) >= 11 is 1.32. The minimum absolute atomic E-state index is 1.10. The zero-order valence-corrected chi connectivity index (χ0v) is 10.5. The van der Waals surface area contributed by atoms with Crippen LogP contribution in [0.5, 0.6) is 0 Å². The van der Waals surface area contributed by atoms with Gasteiger partial charge in [-0.05, 0) is 0 Å². The molecule has 0 atom stereocenters. The number of rotatable bonds is 3. The Balaban J connectivity index is 4.57. The molecule has 59 valence electrons. The van der Waals surface area contributed by atoms with Crippen LogP contribution in [0.4, 0.5) is 0 Å². The Morgan fingerprint density at radius 3 is 1.91 bits per heavy atom. The van der Waals surface area contributed by atoms with Crippen LogP contribution < -0.4 is 0 Å². The Labute approximate surface area is 83.5 Å². The Kier molecular flexibility index (Phi) is 6.85. The van der Waals surface area contributed by atoms with Crippen molar-refractivity contribution >= 4 is 22.5 Å². The molecule has 11 heavy (non-hydrogen) atoms. The summed E-state index contributed by atoms with van der Waals surface area (Å²) in [6, 6.07) is 0. The van der Waals surface area contributed by atoms with Crippen molar-refractivity contribution in [2.24, 2.45) is 0 Å². The van der Waals surface area contributed by atoms with E-state index in [-0.39, 0.29) is 0 Å². The van der Waals surface area contributed by atoms with Crippen molar-refractivity contribution in [1.29, 1.82) is 0 Å². The van der Waals surface area contributed by atoms with Gasteiger partial charge in [-0.3, -0.25) is 0 Å². The van der Waals surface area contributed by atoms with Gasteiger partial charge in [0.2, 0.25) is 0 Å². The molecule has 0 aromatic heterocycles. The number of hydrogen-bond donors (Lipinski definition) is 0. The fraction of sp³-hybridized carbons (Fsp3) is 0.600. The van der Waals surface area contributed by atoms with Crippen LogP contribution in [-0.4, -0.2) is 22.5 Å². The van der Waals surface area contributed by atoms with Crippen molar-refractivity contribution in [3.8, 4) is 9.86 Å². The van der Waals surface area contributed by atoms with Crippen LogP contribution in [-0.2, 0) is 0 Å². The first kappa shape index (κ1) is 11.1. The van der Waals surface area contributed by atoms with Crippen molar-refractivity contribution in [2.75, 3.05) is 0 Å². The van der Waals surface area contributed by atoms with Crippen LogP contribution >= 0.6 is 0 Å². The van der Waals surface area contributed by atoms with Crippen molar-refractivity contribution in [3.05, 3.63) is 11.1 Å². The van der Waals surface area contributed by atoms with Crippen LogP contribution in [0.1, 0.15) is 40.0 Å². The van der Waals surface area contributed by atoms with E-state index in [1.54, 1.807) is 0 Å². The first-order valence-corrected chi connectivity index (χ1v) is 5.61. The molecule has 0 bridgehead atoms. The maximum absolute atomic E-state index is 3.20. The van der Waals surface area contributed by atoms with Gasteiger partial charge < -0.3 is 0 Å². The van der Waals surface area contributed by atoms with Gasteiger partial charge in [-0.25, -0.2) is 0 Å². The van der Waals surface area contributed by atoms with Gasteiger partial charge in [0.15, 0.2) is 0 Å². The molecule has 0 aliphatic heterocycles. The van der Waals surface area contributed by atoms with Crippen LogP contribution in [0.2, 0.25) is 0 Å². The first-order chi connectivity index (χ1) is 5.29. The molecule has 1 heteroatoms. The van der Waals surface area contributed by atoms with Gasteiger partial charge in [0, 0.05) is 0 Å². The van der Waals surface area contributed by atoms with Gasteiger partial charge in [-0.2, -0.15) is 0 Å². The SMILES string of the molecule is CCC(C#[C][Sn])=C(CC)CC. The molecule has 3 radical (unpaired) electrons. The minimum atomic E-state index is 1.10. The predicted molar refractivity (Wildman–Crippen MR) is 51.4 cm³/mol. The fourth-order valence-electron chi connectivity index (χ4n) is 1.18. The van der Waals surface area contributed by atoms with E-state index < -0.39 is 0 Å². The Hall–Kier alpha value is 0.0987. The standard InChI is InChI=1S/C10H15.Sn/c1-5-9(6-2)10(7-3)8-4;/h5-7H2,1-3H3;. The number of allylic oxidation sites excluding steroid dienone is 2. The normalized spacial score (nSPS) is 8.36. The molecule has 0 aliphatic carbocycles. The summed E-state index contributed by atoms with van der Waals surface area (Å²) in [7, 11) is 0. The molecule has 0 aliphatic rings. The first-order valence-electron chi connectivity index (χ1n) is 4.18. The van der Waals surface area contributed by atoms with Gasteiger partial charge >= 0.3 is 83.6 Å². The summed E-state index contributed by atoms with van der Waals surface area (Å²) in [6.07, 6.45) is 3.41. The van der Waals surface area contributed by atoms with Crippen LogP contribution in [0.3, 0.4) is 0 Å². The molecule has 0 amide bonds. The van der Waals surface area contributed by atoms with Crippen LogP contribution in [0.25, 0.3) is 0 Å². The van der Waals surface area contributed by atoms with Gasteiger partial charge in [0.25, 0.3) is 0 Å². The third-order valence-corrected chi connectivity index (χ3v) is 2.20. The van der Waals surface area contributed by atoms with Gasteiger partial charge in [-0.15, -0.1) is 0 Å².